The number of unbranched alkanes of at least 4 members (excludes halogenated alkanes) is 27. The van der Waals surface area contributed by atoms with Crippen molar-refractivity contribution in [2.45, 2.75) is 277 Å². The van der Waals surface area contributed by atoms with Crippen LogP contribution in [0.1, 0.15) is 271 Å². The lowest BCUT2D eigenvalue weighted by molar-refractivity contribution is -0.167. The number of rotatable bonds is 50. The first-order chi connectivity index (χ1) is 32.5. The summed E-state index contributed by atoms with van der Waals surface area (Å²) in [5, 5.41) is 0. The molecule has 0 radical (unpaired) electrons. The number of ether oxygens (including phenoxy) is 3. The van der Waals surface area contributed by atoms with Crippen LogP contribution in [-0.4, -0.2) is 37.2 Å². The molecule has 0 heterocycles. The largest absolute Gasteiger partial charge is 0.462 e. The van der Waals surface area contributed by atoms with Gasteiger partial charge in [0.15, 0.2) is 6.10 Å². The number of hydrogen-bond acceptors (Lipinski definition) is 6. The fourth-order valence-electron chi connectivity index (χ4n) is 7.70. The molecule has 0 spiro atoms. The summed E-state index contributed by atoms with van der Waals surface area (Å²) in [6, 6.07) is 0. The second kappa shape index (κ2) is 54.5. The number of carbonyl (C=O) groups is 3. The van der Waals surface area contributed by atoms with Gasteiger partial charge in [-0.1, -0.05) is 235 Å². The van der Waals surface area contributed by atoms with Crippen LogP contribution in [0.3, 0.4) is 0 Å². The molecule has 0 aliphatic heterocycles. The average Bonchev–Trinajstić information content (AvgIpc) is 3.31. The Labute approximate surface area is 408 Å². The predicted molar refractivity (Wildman–Crippen MR) is 284 cm³/mol. The van der Waals surface area contributed by atoms with E-state index in [0.717, 1.165) is 89.9 Å². The Morgan fingerprint density at radius 2 is 0.561 bits per heavy atom. The van der Waals surface area contributed by atoms with E-state index in [-0.39, 0.29) is 37.5 Å². The highest BCUT2D eigenvalue weighted by molar-refractivity contribution is 5.71. The minimum atomic E-state index is -0.801. The maximum absolute atomic E-state index is 12.8. The molecule has 0 saturated carbocycles. The highest BCUT2D eigenvalue weighted by Gasteiger charge is 2.19. The molecule has 1 atom stereocenters. The van der Waals surface area contributed by atoms with Gasteiger partial charge in [-0.3, -0.25) is 14.4 Å². The van der Waals surface area contributed by atoms with Crippen LogP contribution in [0.5, 0.6) is 0 Å². The monoisotopic (exact) mass is 921 g/mol. The van der Waals surface area contributed by atoms with Gasteiger partial charge in [0.2, 0.25) is 0 Å². The predicted octanol–water partition coefficient (Wildman–Crippen LogP) is 18.6. The highest BCUT2D eigenvalue weighted by atomic mass is 16.6. The van der Waals surface area contributed by atoms with Gasteiger partial charge < -0.3 is 14.2 Å². The third-order valence-electron chi connectivity index (χ3n) is 11.9. The summed E-state index contributed by atoms with van der Waals surface area (Å²) < 4.78 is 16.8. The summed E-state index contributed by atoms with van der Waals surface area (Å²) in [6.07, 6.45) is 68.9. The van der Waals surface area contributed by atoms with E-state index in [2.05, 4.69) is 93.7 Å². The zero-order valence-electron chi connectivity index (χ0n) is 43.4. The molecule has 0 unspecified atom stereocenters. The smallest absolute Gasteiger partial charge is 0.306 e. The van der Waals surface area contributed by atoms with E-state index in [9.17, 15) is 14.4 Å². The molecule has 6 nitrogen and oxygen atoms in total. The van der Waals surface area contributed by atoms with Crippen LogP contribution in [0.2, 0.25) is 0 Å². The lowest BCUT2D eigenvalue weighted by Crippen LogP contribution is -2.30. The molecule has 380 valence electrons. The first kappa shape index (κ1) is 62.8. The van der Waals surface area contributed by atoms with Crippen molar-refractivity contribution in [3.05, 3.63) is 72.9 Å². The topological polar surface area (TPSA) is 78.9 Å². The van der Waals surface area contributed by atoms with Gasteiger partial charge in [0.05, 0.1) is 0 Å². The van der Waals surface area contributed by atoms with Gasteiger partial charge in [0, 0.05) is 19.3 Å². The zero-order valence-corrected chi connectivity index (χ0v) is 43.4. The normalized spacial score (nSPS) is 12.6. The second-order valence-corrected chi connectivity index (χ2v) is 18.5. The summed E-state index contributed by atoms with van der Waals surface area (Å²) in [5.74, 6) is -0.960. The molecule has 0 aliphatic carbocycles. The fraction of sp³-hybridized carbons (Fsp3) is 0.750. The SMILES string of the molecule is CCCCC/C=C\C/C=C\C/C=C\C/C=C\CCCC(=O)OC[C@@H](COC(=O)CCCCCCC/C=C\C/C=C\CCCCC)OC(=O)CCCCCCCCCCCCCCCCCC. The van der Waals surface area contributed by atoms with Crippen LogP contribution in [0, 0.1) is 0 Å². The molecular weight excluding hydrogens is 817 g/mol. The first-order valence-electron chi connectivity index (χ1n) is 27.9. The standard InChI is InChI=1S/C60H104O6/c1-4-7-10-13-16-19-22-25-28-30-33-35-38-41-44-47-50-53-59(62)65-56-57(55-64-58(61)52-49-46-43-40-37-34-31-27-24-21-18-15-12-9-6-3)66-60(63)54-51-48-45-42-39-36-32-29-26-23-20-17-14-11-8-5-2/h16,18-19,21,25,27-28,31,33,35,41,44,57H,4-15,17,20,22-24,26,29-30,32,34,36-40,42-43,45-56H2,1-3H3/b19-16-,21-18-,28-25-,31-27-,35-33-,44-41-/t57-/m1/s1. The Hall–Kier alpha value is -3.15. The molecule has 0 rings (SSSR count). The number of esters is 3. The molecule has 66 heavy (non-hydrogen) atoms. The quantitative estimate of drug-likeness (QED) is 0.0262. The van der Waals surface area contributed by atoms with Crippen LogP contribution in [0.15, 0.2) is 72.9 Å². The van der Waals surface area contributed by atoms with Gasteiger partial charge in [-0.25, -0.2) is 0 Å². The molecule has 0 amide bonds. The molecule has 0 saturated heterocycles. The van der Waals surface area contributed by atoms with Crippen molar-refractivity contribution in [3.63, 3.8) is 0 Å². The third-order valence-corrected chi connectivity index (χ3v) is 11.9. The Balaban J connectivity index is 4.47. The summed E-state index contributed by atoms with van der Waals surface area (Å²) in [6.45, 7) is 6.54. The van der Waals surface area contributed by atoms with Gasteiger partial charge >= 0.3 is 17.9 Å². The van der Waals surface area contributed by atoms with Crippen molar-refractivity contribution in [3.8, 4) is 0 Å². The Morgan fingerprint density at radius 1 is 0.303 bits per heavy atom. The first-order valence-corrected chi connectivity index (χ1v) is 27.9. The fourth-order valence-corrected chi connectivity index (χ4v) is 7.70. The van der Waals surface area contributed by atoms with Crippen molar-refractivity contribution in [1.29, 1.82) is 0 Å². The maximum atomic E-state index is 12.8. The Bertz CT molecular complexity index is 1240. The van der Waals surface area contributed by atoms with Crippen molar-refractivity contribution in [1.82, 2.24) is 0 Å². The molecule has 0 aromatic carbocycles. The zero-order chi connectivity index (χ0) is 47.9. The van der Waals surface area contributed by atoms with Gasteiger partial charge in [-0.15, -0.1) is 0 Å². The van der Waals surface area contributed by atoms with Crippen molar-refractivity contribution in [2.75, 3.05) is 13.2 Å². The molecule has 6 heteroatoms. The van der Waals surface area contributed by atoms with Crippen LogP contribution < -0.4 is 0 Å². The van der Waals surface area contributed by atoms with Gasteiger partial charge in [0.25, 0.3) is 0 Å². The van der Waals surface area contributed by atoms with Crippen LogP contribution in [-0.2, 0) is 28.6 Å². The Morgan fingerprint density at radius 3 is 0.939 bits per heavy atom. The lowest BCUT2D eigenvalue weighted by atomic mass is 10.0. The maximum Gasteiger partial charge on any atom is 0.306 e. The minimum Gasteiger partial charge on any atom is -0.462 e. The molecule has 0 aliphatic rings. The van der Waals surface area contributed by atoms with Crippen LogP contribution >= 0.6 is 0 Å². The van der Waals surface area contributed by atoms with Crippen LogP contribution in [0.25, 0.3) is 0 Å². The van der Waals surface area contributed by atoms with Crippen molar-refractivity contribution < 1.29 is 28.6 Å². The highest BCUT2D eigenvalue weighted by Crippen LogP contribution is 2.15. The van der Waals surface area contributed by atoms with Gasteiger partial charge in [-0.05, 0) is 89.9 Å². The van der Waals surface area contributed by atoms with E-state index >= 15 is 0 Å². The van der Waals surface area contributed by atoms with Crippen molar-refractivity contribution >= 4 is 17.9 Å². The number of hydrogen-bond donors (Lipinski definition) is 0. The average molecular weight is 921 g/mol. The van der Waals surface area contributed by atoms with E-state index in [1.165, 1.54) is 135 Å². The molecule has 0 aromatic rings. The minimum absolute atomic E-state index is 0.0979. The summed E-state index contributed by atoms with van der Waals surface area (Å²) in [4.78, 5) is 38.1. The molecular formula is C60H104O6. The van der Waals surface area contributed by atoms with E-state index < -0.39 is 6.10 Å². The third kappa shape index (κ3) is 51.8. The summed E-state index contributed by atoms with van der Waals surface area (Å²) in [5.41, 5.74) is 0. The molecule has 0 bridgehead atoms. The Kier molecular flexibility index (Phi) is 51.9. The lowest BCUT2D eigenvalue weighted by Gasteiger charge is -2.18. The van der Waals surface area contributed by atoms with Crippen LogP contribution in [0.4, 0.5) is 0 Å². The van der Waals surface area contributed by atoms with E-state index in [1.807, 2.05) is 0 Å². The van der Waals surface area contributed by atoms with Gasteiger partial charge in [0.1, 0.15) is 13.2 Å². The molecule has 0 N–H and O–H groups in total. The summed E-state index contributed by atoms with van der Waals surface area (Å²) in [7, 11) is 0. The number of carbonyl (C=O) groups excluding carboxylic acids is 3. The summed E-state index contributed by atoms with van der Waals surface area (Å²) >= 11 is 0. The van der Waals surface area contributed by atoms with E-state index in [0.29, 0.717) is 19.3 Å². The molecule has 0 aromatic heterocycles. The van der Waals surface area contributed by atoms with Crippen molar-refractivity contribution in [2.24, 2.45) is 0 Å². The van der Waals surface area contributed by atoms with Gasteiger partial charge in [-0.2, -0.15) is 0 Å². The second-order valence-electron chi connectivity index (χ2n) is 18.5. The number of allylic oxidation sites excluding steroid dienone is 12. The van der Waals surface area contributed by atoms with E-state index in [4.69, 9.17) is 14.2 Å². The molecule has 0 fully saturated rings. The van der Waals surface area contributed by atoms with E-state index in [1.54, 1.807) is 0 Å².